The molecule has 0 unspecified atom stereocenters. The Bertz CT molecular complexity index is 688. The molecule has 25 heavy (non-hydrogen) atoms. The quantitative estimate of drug-likeness (QED) is 0.785. The van der Waals surface area contributed by atoms with Gasteiger partial charge in [0.05, 0.1) is 5.56 Å². The maximum atomic E-state index is 12.7. The fraction of sp³-hybridized carbons (Fsp3) is 0.444. The van der Waals surface area contributed by atoms with Gasteiger partial charge in [0.25, 0.3) is 0 Å². The summed E-state index contributed by atoms with van der Waals surface area (Å²) in [5.74, 6) is 0.0885. The van der Waals surface area contributed by atoms with Gasteiger partial charge in [0.2, 0.25) is 11.8 Å². The molecule has 0 spiro atoms. The van der Waals surface area contributed by atoms with E-state index in [1.54, 1.807) is 9.80 Å². The zero-order chi connectivity index (χ0) is 18.0. The first-order valence-corrected chi connectivity index (χ1v) is 8.27. The Labute approximate surface area is 143 Å². The zero-order valence-electron chi connectivity index (χ0n) is 13.6. The summed E-state index contributed by atoms with van der Waals surface area (Å²) in [6, 6.07) is 4.84. The van der Waals surface area contributed by atoms with Crippen LogP contribution in [0.4, 0.5) is 13.2 Å². The smallest absolute Gasteiger partial charge is 0.339 e. The van der Waals surface area contributed by atoms with Crippen molar-refractivity contribution in [3.63, 3.8) is 0 Å². The molecule has 4 nitrogen and oxygen atoms in total. The SMILES string of the molecule is O=C(/C=C/c1cccc(C(F)(F)F)c1)N1CCN(C(=O)C2CC2)CC1. The minimum Gasteiger partial charge on any atom is -0.339 e. The molecule has 2 aliphatic rings. The van der Waals surface area contributed by atoms with Crippen molar-refractivity contribution in [2.45, 2.75) is 19.0 Å². The lowest BCUT2D eigenvalue weighted by Gasteiger charge is -2.34. The van der Waals surface area contributed by atoms with Gasteiger partial charge in [-0.3, -0.25) is 9.59 Å². The van der Waals surface area contributed by atoms with Gasteiger partial charge in [-0.2, -0.15) is 13.2 Å². The van der Waals surface area contributed by atoms with Crippen molar-refractivity contribution < 1.29 is 22.8 Å². The molecule has 1 aliphatic carbocycles. The molecule has 1 aliphatic heterocycles. The Balaban J connectivity index is 1.56. The zero-order valence-corrected chi connectivity index (χ0v) is 13.6. The molecule has 1 heterocycles. The van der Waals surface area contributed by atoms with Crippen LogP contribution in [0.3, 0.4) is 0 Å². The average molecular weight is 352 g/mol. The average Bonchev–Trinajstić information content (AvgIpc) is 3.44. The highest BCUT2D eigenvalue weighted by Crippen LogP contribution is 2.31. The normalized spacial score (nSPS) is 18.7. The number of hydrogen-bond acceptors (Lipinski definition) is 2. The molecular weight excluding hydrogens is 333 g/mol. The van der Waals surface area contributed by atoms with E-state index < -0.39 is 11.7 Å². The van der Waals surface area contributed by atoms with E-state index in [-0.39, 0.29) is 17.7 Å². The maximum absolute atomic E-state index is 12.7. The largest absolute Gasteiger partial charge is 0.416 e. The number of piperazine rings is 1. The standard InChI is InChI=1S/C18H19F3N2O2/c19-18(20,21)15-3-1-2-13(12-15)4-7-16(24)22-8-10-23(11-9-22)17(25)14-5-6-14/h1-4,7,12,14H,5-6,8-11H2/b7-4+. The molecule has 1 saturated carbocycles. The van der Waals surface area contributed by atoms with Crippen LogP contribution in [0, 0.1) is 5.92 Å². The van der Waals surface area contributed by atoms with Gasteiger partial charge in [0, 0.05) is 38.2 Å². The minimum absolute atomic E-state index is 0.169. The summed E-state index contributed by atoms with van der Waals surface area (Å²) in [4.78, 5) is 27.6. The van der Waals surface area contributed by atoms with Crippen molar-refractivity contribution in [3.8, 4) is 0 Å². The fourth-order valence-corrected chi connectivity index (χ4v) is 2.83. The van der Waals surface area contributed by atoms with Crippen molar-refractivity contribution in [3.05, 3.63) is 41.5 Å². The van der Waals surface area contributed by atoms with Crippen LogP contribution in [0.1, 0.15) is 24.0 Å². The molecule has 0 atom stereocenters. The van der Waals surface area contributed by atoms with E-state index >= 15 is 0 Å². The Kier molecular flexibility index (Phi) is 4.83. The molecule has 1 aromatic rings. The third-order valence-corrected chi connectivity index (χ3v) is 4.46. The van der Waals surface area contributed by atoms with Gasteiger partial charge >= 0.3 is 6.18 Å². The molecule has 0 aromatic heterocycles. The molecule has 0 N–H and O–H groups in total. The van der Waals surface area contributed by atoms with Gasteiger partial charge in [-0.05, 0) is 36.6 Å². The van der Waals surface area contributed by atoms with Crippen LogP contribution >= 0.6 is 0 Å². The van der Waals surface area contributed by atoms with Gasteiger partial charge in [-0.25, -0.2) is 0 Å². The van der Waals surface area contributed by atoms with E-state index in [0.29, 0.717) is 31.7 Å². The number of amides is 2. The van der Waals surface area contributed by atoms with Crippen molar-refractivity contribution >= 4 is 17.9 Å². The van der Waals surface area contributed by atoms with Gasteiger partial charge in [0.1, 0.15) is 0 Å². The van der Waals surface area contributed by atoms with Gasteiger partial charge in [0.15, 0.2) is 0 Å². The van der Waals surface area contributed by atoms with Crippen LogP contribution in [0.5, 0.6) is 0 Å². The molecule has 1 aromatic carbocycles. The van der Waals surface area contributed by atoms with Crippen LogP contribution in [0.25, 0.3) is 6.08 Å². The lowest BCUT2D eigenvalue weighted by molar-refractivity contribution is -0.138. The van der Waals surface area contributed by atoms with E-state index in [9.17, 15) is 22.8 Å². The number of rotatable bonds is 3. The second-order valence-corrected chi connectivity index (χ2v) is 6.38. The summed E-state index contributed by atoms with van der Waals surface area (Å²) in [5.41, 5.74) is -0.417. The number of benzene rings is 1. The summed E-state index contributed by atoms with van der Waals surface area (Å²) >= 11 is 0. The predicted octanol–water partition coefficient (Wildman–Crippen LogP) is 2.80. The first-order chi connectivity index (χ1) is 11.8. The second kappa shape index (κ2) is 6.90. The maximum Gasteiger partial charge on any atom is 0.416 e. The first kappa shape index (κ1) is 17.5. The van der Waals surface area contributed by atoms with E-state index in [1.807, 2.05) is 0 Å². The second-order valence-electron chi connectivity index (χ2n) is 6.38. The molecule has 2 amide bonds. The molecule has 3 rings (SSSR count). The topological polar surface area (TPSA) is 40.6 Å². The molecule has 0 radical (unpaired) electrons. The lowest BCUT2D eigenvalue weighted by atomic mass is 10.1. The van der Waals surface area contributed by atoms with Gasteiger partial charge in [-0.15, -0.1) is 0 Å². The van der Waals surface area contributed by atoms with Crippen molar-refractivity contribution in [2.24, 2.45) is 5.92 Å². The van der Waals surface area contributed by atoms with E-state index in [0.717, 1.165) is 25.0 Å². The molecule has 134 valence electrons. The van der Waals surface area contributed by atoms with Crippen molar-refractivity contribution in [1.82, 2.24) is 9.80 Å². The van der Waals surface area contributed by atoms with Crippen LogP contribution in [-0.2, 0) is 15.8 Å². The number of alkyl halides is 3. The van der Waals surface area contributed by atoms with Crippen LogP contribution < -0.4 is 0 Å². The number of carbonyl (C=O) groups excluding carboxylic acids is 2. The van der Waals surface area contributed by atoms with Crippen molar-refractivity contribution in [2.75, 3.05) is 26.2 Å². The number of halogens is 3. The van der Waals surface area contributed by atoms with Gasteiger partial charge in [-0.1, -0.05) is 12.1 Å². The lowest BCUT2D eigenvalue weighted by Crippen LogP contribution is -2.50. The summed E-state index contributed by atoms with van der Waals surface area (Å²) in [6.07, 6.45) is 0.181. The number of nitrogens with zero attached hydrogens (tertiary/aromatic N) is 2. The van der Waals surface area contributed by atoms with Crippen molar-refractivity contribution in [1.29, 1.82) is 0 Å². The predicted molar refractivity (Wildman–Crippen MR) is 86.4 cm³/mol. The summed E-state index contributed by atoms with van der Waals surface area (Å²) in [7, 11) is 0. The minimum atomic E-state index is -4.40. The molecule has 1 saturated heterocycles. The highest BCUT2D eigenvalue weighted by atomic mass is 19.4. The Hall–Kier alpha value is -2.31. The van der Waals surface area contributed by atoms with E-state index in [4.69, 9.17) is 0 Å². The highest BCUT2D eigenvalue weighted by Gasteiger charge is 2.35. The number of hydrogen-bond donors (Lipinski definition) is 0. The Morgan fingerprint density at radius 3 is 2.28 bits per heavy atom. The fourth-order valence-electron chi connectivity index (χ4n) is 2.83. The summed E-state index contributed by atoms with van der Waals surface area (Å²) in [6.45, 7) is 1.92. The third kappa shape index (κ3) is 4.41. The molecule has 7 heteroatoms. The van der Waals surface area contributed by atoms with Gasteiger partial charge < -0.3 is 9.80 Å². The Morgan fingerprint density at radius 2 is 1.68 bits per heavy atom. The summed E-state index contributed by atoms with van der Waals surface area (Å²) in [5, 5.41) is 0. The van der Waals surface area contributed by atoms with Crippen LogP contribution in [-0.4, -0.2) is 47.8 Å². The summed E-state index contributed by atoms with van der Waals surface area (Å²) < 4.78 is 38.1. The van der Waals surface area contributed by atoms with Crippen LogP contribution in [0.15, 0.2) is 30.3 Å². The molecule has 0 bridgehead atoms. The first-order valence-electron chi connectivity index (χ1n) is 8.27. The highest BCUT2D eigenvalue weighted by molar-refractivity contribution is 5.92. The molecule has 2 fully saturated rings. The molecular formula is C18H19F3N2O2. The van der Waals surface area contributed by atoms with E-state index in [1.165, 1.54) is 24.3 Å². The Morgan fingerprint density at radius 1 is 1.04 bits per heavy atom. The van der Waals surface area contributed by atoms with E-state index in [2.05, 4.69) is 0 Å². The number of carbonyl (C=O) groups is 2. The van der Waals surface area contributed by atoms with Crippen LogP contribution in [0.2, 0.25) is 0 Å². The third-order valence-electron chi connectivity index (χ3n) is 4.46. The monoisotopic (exact) mass is 352 g/mol.